The number of amides is 1. The molecule has 3 N–H and O–H groups in total. The van der Waals surface area contributed by atoms with E-state index in [9.17, 15) is 13.2 Å². The van der Waals surface area contributed by atoms with Gasteiger partial charge in [0.15, 0.2) is 0 Å². The average Bonchev–Trinajstić information content (AvgIpc) is 2.79. The summed E-state index contributed by atoms with van der Waals surface area (Å²) < 4.78 is 21.8. The van der Waals surface area contributed by atoms with Gasteiger partial charge < -0.3 is 11.1 Å². The Morgan fingerprint density at radius 3 is 2.89 bits per heavy atom. The van der Waals surface area contributed by atoms with E-state index in [4.69, 9.17) is 5.73 Å². The van der Waals surface area contributed by atoms with Crippen LogP contribution in [0.3, 0.4) is 0 Å². The van der Waals surface area contributed by atoms with Crippen molar-refractivity contribution in [3.05, 3.63) is 21.9 Å². The first kappa shape index (κ1) is 15.7. The van der Waals surface area contributed by atoms with Crippen molar-refractivity contribution in [2.24, 2.45) is 5.73 Å². The molecule has 0 spiro atoms. The van der Waals surface area contributed by atoms with E-state index < -0.39 is 9.84 Å². The van der Waals surface area contributed by atoms with Crippen LogP contribution >= 0.6 is 11.3 Å². The van der Waals surface area contributed by atoms with Crippen molar-refractivity contribution < 1.29 is 13.2 Å². The van der Waals surface area contributed by atoms with Gasteiger partial charge in [0, 0.05) is 18.2 Å². The molecule has 0 radical (unpaired) electrons. The van der Waals surface area contributed by atoms with Gasteiger partial charge in [0.05, 0.1) is 22.7 Å². The van der Waals surface area contributed by atoms with Crippen LogP contribution in [0.2, 0.25) is 0 Å². The van der Waals surface area contributed by atoms with Crippen molar-refractivity contribution >= 4 is 27.1 Å². The fourth-order valence-electron chi connectivity index (χ4n) is 1.30. The lowest BCUT2D eigenvalue weighted by atomic mass is 10.3. The van der Waals surface area contributed by atoms with E-state index in [1.165, 1.54) is 17.6 Å². The van der Waals surface area contributed by atoms with Crippen LogP contribution in [0.25, 0.3) is 0 Å². The zero-order chi connectivity index (χ0) is 14.3. The molecule has 0 unspecified atom stereocenters. The molecule has 1 aromatic heterocycles. The Kier molecular flexibility index (Phi) is 6.02. The highest BCUT2D eigenvalue weighted by Crippen LogP contribution is 2.13. The SMILES string of the molecule is CS(=O)(=O)CCCNC(=O)c1csc(C#CCN)c1. The van der Waals surface area contributed by atoms with Crippen LogP contribution in [0.5, 0.6) is 0 Å². The first-order chi connectivity index (χ1) is 8.92. The maximum Gasteiger partial charge on any atom is 0.252 e. The zero-order valence-electron chi connectivity index (χ0n) is 10.6. The minimum atomic E-state index is -2.97. The van der Waals surface area contributed by atoms with E-state index in [1.54, 1.807) is 11.4 Å². The topological polar surface area (TPSA) is 89.3 Å². The van der Waals surface area contributed by atoms with Gasteiger partial charge >= 0.3 is 0 Å². The Labute approximate surface area is 117 Å². The molecule has 0 saturated carbocycles. The summed E-state index contributed by atoms with van der Waals surface area (Å²) >= 11 is 1.38. The fraction of sp³-hybridized carbons (Fsp3) is 0.417. The number of nitrogens with one attached hydrogen (secondary N) is 1. The van der Waals surface area contributed by atoms with Gasteiger partial charge in [-0.1, -0.05) is 11.8 Å². The van der Waals surface area contributed by atoms with Crippen LogP contribution < -0.4 is 11.1 Å². The lowest BCUT2D eigenvalue weighted by Crippen LogP contribution is -2.25. The molecule has 5 nitrogen and oxygen atoms in total. The second kappa shape index (κ2) is 7.28. The van der Waals surface area contributed by atoms with Crippen LogP contribution in [0, 0.1) is 11.8 Å². The summed E-state index contributed by atoms with van der Waals surface area (Å²) in [5.41, 5.74) is 5.79. The maximum absolute atomic E-state index is 11.7. The molecule has 0 fully saturated rings. The van der Waals surface area contributed by atoms with Crippen LogP contribution in [0.1, 0.15) is 21.7 Å². The van der Waals surface area contributed by atoms with Crippen LogP contribution in [-0.2, 0) is 9.84 Å². The molecular weight excluding hydrogens is 284 g/mol. The van der Waals surface area contributed by atoms with Crippen molar-refractivity contribution in [2.75, 3.05) is 25.1 Å². The van der Waals surface area contributed by atoms with Crippen LogP contribution in [0.15, 0.2) is 11.4 Å². The van der Waals surface area contributed by atoms with E-state index in [-0.39, 0.29) is 18.2 Å². The molecule has 7 heteroatoms. The summed E-state index contributed by atoms with van der Waals surface area (Å²) in [5.74, 6) is 5.42. The van der Waals surface area contributed by atoms with Gasteiger partial charge in [0.1, 0.15) is 9.84 Å². The monoisotopic (exact) mass is 300 g/mol. The Morgan fingerprint density at radius 1 is 1.53 bits per heavy atom. The molecule has 19 heavy (non-hydrogen) atoms. The second-order valence-corrected chi connectivity index (χ2v) is 7.12. The zero-order valence-corrected chi connectivity index (χ0v) is 12.2. The molecular formula is C12H16N2O3S2. The normalized spacial score (nSPS) is 10.6. The van der Waals surface area contributed by atoms with Crippen molar-refractivity contribution in [2.45, 2.75) is 6.42 Å². The number of sulfone groups is 1. The Bertz CT molecular complexity index is 594. The number of thiophene rings is 1. The number of hydrogen-bond acceptors (Lipinski definition) is 5. The van der Waals surface area contributed by atoms with Gasteiger partial charge in [-0.3, -0.25) is 4.79 Å². The van der Waals surface area contributed by atoms with Crippen molar-refractivity contribution in [3.8, 4) is 11.8 Å². The third-order valence-corrected chi connectivity index (χ3v) is 4.03. The number of rotatable bonds is 5. The predicted molar refractivity (Wildman–Crippen MR) is 76.9 cm³/mol. The average molecular weight is 300 g/mol. The first-order valence-corrected chi connectivity index (χ1v) is 8.60. The Balaban J connectivity index is 2.43. The molecule has 0 aliphatic carbocycles. The van der Waals surface area contributed by atoms with E-state index in [1.807, 2.05) is 0 Å². The molecule has 1 heterocycles. The van der Waals surface area contributed by atoms with E-state index in [0.717, 1.165) is 4.88 Å². The van der Waals surface area contributed by atoms with Crippen LogP contribution in [-0.4, -0.2) is 39.4 Å². The summed E-state index contributed by atoms with van der Waals surface area (Å²) in [7, 11) is -2.97. The molecule has 0 aliphatic rings. The van der Waals surface area contributed by atoms with Crippen molar-refractivity contribution in [3.63, 3.8) is 0 Å². The molecule has 104 valence electrons. The highest BCUT2D eigenvalue weighted by atomic mass is 32.2. The predicted octanol–water partition coefficient (Wildman–Crippen LogP) is 0.223. The van der Waals surface area contributed by atoms with Gasteiger partial charge in [-0.2, -0.15) is 0 Å². The molecule has 0 bridgehead atoms. The Hall–Kier alpha value is -1.36. The molecule has 0 aliphatic heterocycles. The number of nitrogens with two attached hydrogens (primary N) is 1. The summed E-state index contributed by atoms with van der Waals surface area (Å²) in [4.78, 5) is 12.5. The number of hydrogen-bond donors (Lipinski definition) is 2. The van der Waals surface area contributed by atoms with Gasteiger partial charge in [-0.15, -0.1) is 11.3 Å². The minimum absolute atomic E-state index is 0.0736. The lowest BCUT2D eigenvalue weighted by Gasteiger charge is -2.02. The molecule has 1 rings (SSSR count). The van der Waals surface area contributed by atoms with Crippen molar-refractivity contribution in [1.82, 2.24) is 5.32 Å². The maximum atomic E-state index is 11.7. The van der Waals surface area contributed by atoms with E-state index in [0.29, 0.717) is 18.5 Å². The summed E-state index contributed by atoms with van der Waals surface area (Å²) in [6.07, 6.45) is 1.59. The quantitative estimate of drug-likeness (QED) is 0.601. The van der Waals surface area contributed by atoms with Crippen molar-refractivity contribution in [1.29, 1.82) is 0 Å². The van der Waals surface area contributed by atoms with Gasteiger partial charge in [0.25, 0.3) is 5.91 Å². The summed E-state index contributed by atoms with van der Waals surface area (Å²) in [5, 5.41) is 4.39. The standard InChI is InChI=1S/C12H16N2O3S2/c1-19(16,17)7-3-6-14-12(15)10-8-11(18-9-10)4-2-5-13/h8-9H,3,5-7,13H2,1H3,(H,14,15). The number of carbonyl (C=O) groups is 1. The minimum Gasteiger partial charge on any atom is -0.352 e. The second-order valence-electron chi connectivity index (χ2n) is 3.94. The first-order valence-electron chi connectivity index (χ1n) is 5.66. The van der Waals surface area contributed by atoms with E-state index >= 15 is 0 Å². The molecule has 0 aromatic carbocycles. The smallest absolute Gasteiger partial charge is 0.252 e. The van der Waals surface area contributed by atoms with Gasteiger partial charge in [-0.25, -0.2) is 8.42 Å². The summed E-state index contributed by atoms with van der Waals surface area (Å²) in [6, 6.07) is 1.69. The number of carbonyl (C=O) groups excluding carboxylic acids is 1. The van der Waals surface area contributed by atoms with E-state index in [2.05, 4.69) is 17.2 Å². The van der Waals surface area contributed by atoms with Gasteiger partial charge in [-0.05, 0) is 12.5 Å². The van der Waals surface area contributed by atoms with Gasteiger partial charge in [0.2, 0.25) is 0 Å². The fourth-order valence-corrected chi connectivity index (χ4v) is 2.72. The molecule has 0 saturated heterocycles. The molecule has 0 atom stereocenters. The lowest BCUT2D eigenvalue weighted by molar-refractivity contribution is 0.0954. The largest absolute Gasteiger partial charge is 0.352 e. The summed E-state index contributed by atoms with van der Waals surface area (Å²) in [6.45, 7) is 0.622. The Morgan fingerprint density at radius 2 is 2.26 bits per heavy atom. The molecule has 1 aromatic rings. The highest BCUT2D eigenvalue weighted by molar-refractivity contribution is 7.90. The third-order valence-electron chi connectivity index (χ3n) is 2.15. The molecule has 1 amide bonds. The van der Waals surface area contributed by atoms with Crippen LogP contribution in [0.4, 0.5) is 0 Å². The highest BCUT2D eigenvalue weighted by Gasteiger charge is 2.08. The third kappa shape index (κ3) is 6.38.